The fourth-order valence-electron chi connectivity index (χ4n) is 3.45. The molecule has 162 valence electrons. The van der Waals surface area contributed by atoms with Crippen molar-refractivity contribution in [1.82, 2.24) is 10.2 Å². The van der Waals surface area contributed by atoms with E-state index < -0.39 is 5.91 Å². The molecule has 1 aliphatic rings. The Labute approximate surface area is 195 Å². The molecule has 3 rings (SSSR count). The fourth-order valence-corrected chi connectivity index (χ4v) is 3.45. The monoisotopic (exact) mass is 522 g/mol. The van der Waals surface area contributed by atoms with Crippen LogP contribution in [0.25, 0.3) is 0 Å². The molecule has 1 atom stereocenters. The van der Waals surface area contributed by atoms with Crippen LogP contribution in [0.2, 0.25) is 0 Å². The summed E-state index contributed by atoms with van der Waals surface area (Å²) in [4.78, 5) is 18.3. The van der Waals surface area contributed by atoms with Gasteiger partial charge in [0, 0.05) is 31.1 Å². The Kier molecular flexibility index (Phi) is 10.1. The largest absolute Gasteiger partial charge is 0.376 e. The van der Waals surface area contributed by atoms with E-state index in [0.29, 0.717) is 24.6 Å². The number of halogens is 1. The highest BCUT2D eigenvalue weighted by molar-refractivity contribution is 14.0. The van der Waals surface area contributed by atoms with Crippen LogP contribution in [-0.4, -0.2) is 43.0 Å². The fraction of sp³-hybridized carbons (Fsp3) is 0.391. The molecule has 1 saturated heterocycles. The Hall–Kier alpha value is -2.13. The average Bonchev–Trinajstić information content (AvgIpc) is 3.21. The van der Waals surface area contributed by atoms with E-state index in [-0.39, 0.29) is 24.0 Å². The molecule has 0 bridgehead atoms. The highest BCUT2D eigenvalue weighted by Gasteiger charge is 2.25. The lowest BCUT2D eigenvalue weighted by molar-refractivity contribution is 0.0906. The topological polar surface area (TPSA) is 79.9 Å². The smallest absolute Gasteiger partial charge is 0.248 e. The molecule has 0 saturated carbocycles. The Morgan fingerprint density at radius 3 is 2.57 bits per heavy atom. The average molecular weight is 522 g/mol. The minimum Gasteiger partial charge on any atom is -0.376 e. The molecule has 0 aromatic heterocycles. The zero-order valence-corrected chi connectivity index (χ0v) is 19.8. The molecule has 1 fully saturated rings. The van der Waals surface area contributed by atoms with Crippen LogP contribution in [0.4, 0.5) is 0 Å². The van der Waals surface area contributed by atoms with Crippen LogP contribution in [0.15, 0.2) is 59.6 Å². The lowest BCUT2D eigenvalue weighted by Crippen LogP contribution is -2.40. The van der Waals surface area contributed by atoms with E-state index >= 15 is 0 Å². The second kappa shape index (κ2) is 12.5. The van der Waals surface area contributed by atoms with Crippen molar-refractivity contribution in [2.45, 2.75) is 26.5 Å². The molecular weight excluding hydrogens is 491 g/mol. The molecule has 0 spiro atoms. The van der Waals surface area contributed by atoms with E-state index in [9.17, 15) is 4.79 Å². The number of hydrogen-bond donors (Lipinski definition) is 2. The van der Waals surface area contributed by atoms with Crippen molar-refractivity contribution in [1.29, 1.82) is 0 Å². The number of amides is 1. The number of benzene rings is 2. The molecule has 1 aliphatic heterocycles. The molecule has 0 radical (unpaired) electrons. The summed E-state index contributed by atoms with van der Waals surface area (Å²) in [7, 11) is 0. The predicted octanol–water partition coefficient (Wildman–Crippen LogP) is 3.41. The molecule has 0 aliphatic carbocycles. The molecule has 30 heavy (non-hydrogen) atoms. The lowest BCUT2D eigenvalue weighted by Gasteiger charge is -2.21. The van der Waals surface area contributed by atoms with E-state index in [4.69, 9.17) is 15.5 Å². The lowest BCUT2D eigenvalue weighted by atomic mass is 10.1. The summed E-state index contributed by atoms with van der Waals surface area (Å²) in [6, 6.07) is 17.6. The van der Waals surface area contributed by atoms with Gasteiger partial charge in [-0.05, 0) is 36.6 Å². The van der Waals surface area contributed by atoms with E-state index in [2.05, 4.69) is 29.3 Å². The van der Waals surface area contributed by atoms with Gasteiger partial charge in [-0.15, -0.1) is 24.0 Å². The number of aliphatic imine (C=N–C) groups is 1. The third-order valence-electron chi connectivity index (χ3n) is 5.04. The number of likely N-dealkylation sites (tertiary alicyclic amines) is 1. The second-order valence-corrected chi connectivity index (χ2v) is 7.33. The van der Waals surface area contributed by atoms with Gasteiger partial charge in [0.2, 0.25) is 5.91 Å². The van der Waals surface area contributed by atoms with Gasteiger partial charge < -0.3 is 20.7 Å². The molecule has 2 aromatic carbocycles. The van der Waals surface area contributed by atoms with Crippen LogP contribution in [0.3, 0.4) is 0 Å². The Morgan fingerprint density at radius 2 is 1.90 bits per heavy atom. The minimum atomic E-state index is -0.411. The first-order valence-electron chi connectivity index (χ1n) is 10.2. The molecule has 6 nitrogen and oxygen atoms in total. The highest BCUT2D eigenvalue weighted by Crippen LogP contribution is 2.18. The normalized spacial score (nSPS) is 16.2. The van der Waals surface area contributed by atoms with Crippen LogP contribution in [0.5, 0.6) is 0 Å². The Bertz CT molecular complexity index is 812. The van der Waals surface area contributed by atoms with Crippen LogP contribution < -0.4 is 11.1 Å². The highest BCUT2D eigenvalue weighted by atomic mass is 127. The Balaban J connectivity index is 0.00000320. The van der Waals surface area contributed by atoms with Gasteiger partial charge in [-0.25, -0.2) is 4.99 Å². The van der Waals surface area contributed by atoms with Crippen LogP contribution >= 0.6 is 24.0 Å². The molecular formula is C23H31IN4O2. The number of nitrogens with zero attached hydrogens (tertiary/aromatic N) is 2. The van der Waals surface area contributed by atoms with E-state index in [1.54, 1.807) is 12.1 Å². The van der Waals surface area contributed by atoms with Gasteiger partial charge >= 0.3 is 0 Å². The van der Waals surface area contributed by atoms with Gasteiger partial charge in [-0.1, -0.05) is 42.5 Å². The Morgan fingerprint density at radius 1 is 1.17 bits per heavy atom. The number of rotatable bonds is 8. The maximum Gasteiger partial charge on any atom is 0.248 e. The van der Waals surface area contributed by atoms with Crippen molar-refractivity contribution in [2.24, 2.45) is 16.6 Å². The van der Waals surface area contributed by atoms with E-state index in [0.717, 1.165) is 44.2 Å². The van der Waals surface area contributed by atoms with Gasteiger partial charge in [0.1, 0.15) is 0 Å². The summed E-state index contributed by atoms with van der Waals surface area (Å²) in [6.07, 6.45) is 1.10. The van der Waals surface area contributed by atoms with Crippen molar-refractivity contribution < 1.29 is 9.53 Å². The first-order chi connectivity index (χ1) is 14.2. The summed E-state index contributed by atoms with van der Waals surface area (Å²) in [5.74, 6) is 1.03. The summed E-state index contributed by atoms with van der Waals surface area (Å²) in [5, 5.41) is 3.39. The van der Waals surface area contributed by atoms with Crippen LogP contribution in [0.1, 0.15) is 34.8 Å². The number of primary amides is 1. The molecule has 1 heterocycles. The molecule has 1 amide bonds. The van der Waals surface area contributed by atoms with Gasteiger partial charge in [-0.2, -0.15) is 0 Å². The number of hydrogen-bond acceptors (Lipinski definition) is 3. The third kappa shape index (κ3) is 7.28. The van der Waals surface area contributed by atoms with Crippen LogP contribution in [-0.2, 0) is 17.9 Å². The van der Waals surface area contributed by atoms with Gasteiger partial charge in [0.15, 0.2) is 5.96 Å². The van der Waals surface area contributed by atoms with Crippen molar-refractivity contribution >= 4 is 35.8 Å². The SMILES string of the molecule is CCNC(=NCc1ccc(C(N)=O)cc1)N1CCC(COCc2ccccc2)C1.I. The minimum absolute atomic E-state index is 0. The first kappa shape index (κ1) is 24.1. The number of ether oxygens (including phenoxy) is 1. The number of carbonyl (C=O) groups is 1. The first-order valence-corrected chi connectivity index (χ1v) is 10.2. The number of guanidine groups is 1. The van der Waals surface area contributed by atoms with Gasteiger partial charge in [0.05, 0.1) is 19.8 Å². The molecule has 2 aromatic rings. The van der Waals surface area contributed by atoms with Gasteiger partial charge in [-0.3, -0.25) is 4.79 Å². The van der Waals surface area contributed by atoms with E-state index in [1.165, 1.54) is 5.56 Å². The van der Waals surface area contributed by atoms with Crippen molar-refractivity contribution in [3.05, 3.63) is 71.3 Å². The number of nitrogens with one attached hydrogen (secondary N) is 1. The quantitative estimate of drug-likeness (QED) is 0.317. The second-order valence-electron chi connectivity index (χ2n) is 7.33. The summed E-state index contributed by atoms with van der Waals surface area (Å²) >= 11 is 0. The summed E-state index contributed by atoms with van der Waals surface area (Å²) in [5.41, 5.74) is 8.07. The zero-order chi connectivity index (χ0) is 20.5. The van der Waals surface area contributed by atoms with Crippen molar-refractivity contribution in [2.75, 3.05) is 26.2 Å². The zero-order valence-electron chi connectivity index (χ0n) is 17.4. The molecule has 1 unspecified atom stereocenters. The van der Waals surface area contributed by atoms with Crippen molar-refractivity contribution in [3.63, 3.8) is 0 Å². The maximum absolute atomic E-state index is 11.2. The van der Waals surface area contributed by atoms with E-state index in [1.807, 2.05) is 30.3 Å². The third-order valence-corrected chi connectivity index (χ3v) is 5.04. The van der Waals surface area contributed by atoms with Gasteiger partial charge in [0.25, 0.3) is 0 Å². The number of nitrogens with two attached hydrogens (primary N) is 1. The summed E-state index contributed by atoms with van der Waals surface area (Å²) in [6.45, 7) is 6.81. The standard InChI is InChI=1S/C23H30N4O2.HI/c1-2-25-23(26-14-18-8-10-21(11-9-18)22(24)28)27-13-12-20(15-27)17-29-16-19-6-4-3-5-7-19;/h3-11,20H,2,12-17H2,1H3,(H2,24,28)(H,25,26);1H. The van der Waals surface area contributed by atoms with Crippen molar-refractivity contribution in [3.8, 4) is 0 Å². The predicted molar refractivity (Wildman–Crippen MR) is 131 cm³/mol. The maximum atomic E-state index is 11.2. The summed E-state index contributed by atoms with van der Waals surface area (Å²) < 4.78 is 5.93. The number of carbonyl (C=O) groups excluding carboxylic acids is 1. The van der Waals surface area contributed by atoms with Crippen LogP contribution in [0, 0.1) is 5.92 Å². The molecule has 3 N–H and O–H groups in total. The molecule has 7 heteroatoms.